The molecule has 0 aliphatic carbocycles. The van der Waals surface area contributed by atoms with Crippen molar-refractivity contribution in [1.29, 1.82) is 0 Å². The maximum Gasteiger partial charge on any atom is 0.0274 e. The summed E-state index contributed by atoms with van der Waals surface area (Å²) in [6.45, 7) is 4.67. The molecule has 0 saturated carbocycles. The molecule has 0 amide bonds. The van der Waals surface area contributed by atoms with Crippen molar-refractivity contribution in [3.05, 3.63) is 35.4 Å². The van der Waals surface area contributed by atoms with Gasteiger partial charge in [-0.3, -0.25) is 0 Å². The molecule has 1 aliphatic rings. The van der Waals surface area contributed by atoms with E-state index in [9.17, 15) is 0 Å². The number of rotatable bonds is 0. The first kappa shape index (κ1) is 9.14. The smallest absolute Gasteiger partial charge is 0.0274 e. The van der Waals surface area contributed by atoms with E-state index in [1.807, 2.05) is 0 Å². The van der Waals surface area contributed by atoms with Crippen LogP contribution in [0.15, 0.2) is 24.3 Å². The van der Waals surface area contributed by atoms with Gasteiger partial charge in [0.05, 0.1) is 0 Å². The maximum atomic E-state index is 2.34. The molecule has 0 bridgehead atoms. The molecule has 2 rings (SSSR count). The summed E-state index contributed by atoms with van der Waals surface area (Å²) in [6.07, 6.45) is 2.58. The van der Waals surface area contributed by atoms with Crippen LogP contribution in [-0.4, -0.2) is 5.25 Å². The van der Waals surface area contributed by atoms with Crippen molar-refractivity contribution < 1.29 is 0 Å². The molecule has 1 heteroatoms. The molecular weight excluding hydrogens is 176 g/mol. The number of aryl methyl sites for hydroxylation is 1. The van der Waals surface area contributed by atoms with Crippen molar-refractivity contribution >= 4 is 11.8 Å². The molecule has 1 heterocycles. The Balaban J connectivity index is 2.35. The zero-order valence-electron chi connectivity index (χ0n) is 8.29. The summed E-state index contributed by atoms with van der Waals surface area (Å²) in [5.74, 6) is 0. The predicted octanol–water partition coefficient (Wildman–Crippen LogP) is 3.82. The minimum absolute atomic E-state index is 0.675. The minimum atomic E-state index is 0.675. The SMILES string of the molecule is CC1CCc2ccccc2C(C)S1. The van der Waals surface area contributed by atoms with Gasteiger partial charge in [0.15, 0.2) is 0 Å². The van der Waals surface area contributed by atoms with E-state index in [1.165, 1.54) is 12.8 Å². The van der Waals surface area contributed by atoms with Gasteiger partial charge in [-0.15, -0.1) is 0 Å². The highest BCUT2D eigenvalue weighted by Gasteiger charge is 2.18. The van der Waals surface area contributed by atoms with Gasteiger partial charge in [0.1, 0.15) is 0 Å². The van der Waals surface area contributed by atoms with Crippen LogP contribution in [0.5, 0.6) is 0 Å². The highest BCUT2D eigenvalue weighted by molar-refractivity contribution is 8.00. The van der Waals surface area contributed by atoms with Crippen LogP contribution in [0.4, 0.5) is 0 Å². The van der Waals surface area contributed by atoms with Crippen LogP contribution in [0, 0.1) is 0 Å². The maximum absolute atomic E-state index is 2.34. The minimum Gasteiger partial charge on any atom is -0.151 e. The van der Waals surface area contributed by atoms with Crippen LogP contribution in [0.3, 0.4) is 0 Å². The van der Waals surface area contributed by atoms with Crippen LogP contribution in [0.25, 0.3) is 0 Å². The molecule has 0 spiro atoms. The molecule has 0 saturated heterocycles. The van der Waals surface area contributed by atoms with E-state index in [0.29, 0.717) is 5.25 Å². The van der Waals surface area contributed by atoms with Gasteiger partial charge in [0.2, 0.25) is 0 Å². The van der Waals surface area contributed by atoms with E-state index in [1.54, 1.807) is 11.1 Å². The Kier molecular flexibility index (Phi) is 2.63. The zero-order valence-corrected chi connectivity index (χ0v) is 9.10. The predicted molar refractivity (Wildman–Crippen MR) is 60.2 cm³/mol. The Bertz CT molecular complexity index is 293. The van der Waals surface area contributed by atoms with Crippen LogP contribution in [-0.2, 0) is 6.42 Å². The summed E-state index contributed by atoms with van der Waals surface area (Å²) in [5, 5.41) is 1.48. The molecule has 13 heavy (non-hydrogen) atoms. The van der Waals surface area contributed by atoms with E-state index >= 15 is 0 Å². The number of thioether (sulfide) groups is 1. The van der Waals surface area contributed by atoms with Gasteiger partial charge in [-0.1, -0.05) is 31.2 Å². The molecule has 0 aromatic heterocycles. The second-order valence-electron chi connectivity index (χ2n) is 3.83. The molecule has 0 fully saturated rings. The fourth-order valence-electron chi connectivity index (χ4n) is 2.01. The van der Waals surface area contributed by atoms with E-state index < -0.39 is 0 Å². The largest absolute Gasteiger partial charge is 0.151 e. The van der Waals surface area contributed by atoms with E-state index in [4.69, 9.17) is 0 Å². The Hall–Kier alpha value is -0.430. The quantitative estimate of drug-likeness (QED) is 0.602. The highest BCUT2D eigenvalue weighted by atomic mass is 32.2. The van der Waals surface area contributed by atoms with Gasteiger partial charge in [0.25, 0.3) is 0 Å². The molecule has 1 aromatic rings. The lowest BCUT2D eigenvalue weighted by molar-refractivity contribution is 0.817. The Morgan fingerprint density at radius 2 is 2.00 bits per heavy atom. The second kappa shape index (κ2) is 3.75. The van der Waals surface area contributed by atoms with Crippen molar-refractivity contribution in [2.75, 3.05) is 0 Å². The highest BCUT2D eigenvalue weighted by Crippen LogP contribution is 2.38. The normalized spacial score (nSPS) is 27.8. The van der Waals surface area contributed by atoms with Crippen molar-refractivity contribution in [3.8, 4) is 0 Å². The third kappa shape index (κ3) is 1.91. The summed E-state index contributed by atoms with van der Waals surface area (Å²) in [6, 6.07) is 8.88. The summed E-state index contributed by atoms with van der Waals surface area (Å²) in [5.41, 5.74) is 3.11. The van der Waals surface area contributed by atoms with Crippen LogP contribution < -0.4 is 0 Å². The number of hydrogen-bond acceptors (Lipinski definition) is 1. The van der Waals surface area contributed by atoms with E-state index in [-0.39, 0.29) is 0 Å². The fraction of sp³-hybridized carbons (Fsp3) is 0.500. The number of benzene rings is 1. The first-order chi connectivity index (χ1) is 6.27. The van der Waals surface area contributed by atoms with Gasteiger partial charge < -0.3 is 0 Å². The van der Waals surface area contributed by atoms with Crippen molar-refractivity contribution in [1.82, 2.24) is 0 Å². The van der Waals surface area contributed by atoms with Gasteiger partial charge >= 0.3 is 0 Å². The van der Waals surface area contributed by atoms with Gasteiger partial charge in [-0.05, 0) is 30.9 Å². The zero-order chi connectivity index (χ0) is 9.26. The third-order valence-corrected chi connectivity index (χ3v) is 4.11. The molecule has 0 N–H and O–H groups in total. The second-order valence-corrected chi connectivity index (χ2v) is 5.61. The molecule has 0 radical (unpaired) electrons. The topological polar surface area (TPSA) is 0 Å². The van der Waals surface area contributed by atoms with Crippen LogP contribution in [0.2, 0.25) is 0 Å². The monoisotopic (exact) mass is 192 g/mol. The lowest BCUT2D eigenvalue weighted by atomic mass is 10.0. The van der Waals surface area contributed by atoms with Crippen molar-refractivity contribution in [3.63, 3.8) is 0 Å². The molecule has 0 nitrogen and oxygen atoms in total. The Labute approximate surface area is 84.7 Å². The molecule has 2 unspecified atom stereocenters. The fourth-order valence-corrected chi connectivity index (χ4v) is 3.33. The molecule has 1 aliphatic heterocycles. The lowest BCUT2D eigenvalue weighted by Crippen LogP contribution is -1.95. The molecular formula is C12H16S. The van der Waals surface area contributed by atoms with Gasteiger partial charge in [-0.2, -0.15) is 11.8 Å². The standard InChI is InChI=1S/C12H16S/c1-9-7-8-11-5-3-4-6-12(11)10(2)13-9/h3-6,9-10H,7-8H2,1-2H3. The van der Waals surface area contributed by atoms with Crippen LogP contribution >= 0.6 is 11.8 Å². The van der Waals surface area contributed by atoms with E-state index in [0.717, 1.165) is 5.25 Å². The molecule has 2 atom stereocenters. The summed E-state index contributed by atoms with van der Waals surface area (Å²) in [4.78, 5) is 0. The van der Waals surface area contributed by atoms with Crippen LogP contribution in [0.1, 0.15) is 36.6 Å². The number of hydrogen-bond donors (Lipinski definition) is 0. The Morgan fingerprint density at radius 1 is 1.23 bits per heavy atom. The number of fused-ring (bicyclic) bond motifs is 1. The molecule has 70 valence electrons. The first-order valence-corrected chi connectivity index (χ1v) is 5.95. The van der Waals surface area contributed by atoms with E-state index in [2.05, 4.69) is 49.9 Å². The summed E-state index contributed by atoms with van der Waals surface area (Å²) < 4.78 is 0. The lowest BCUT2D eigenvalue weighted by Gasteiger charge is -2.13. The first-order valence-electron chi connectivity index (χ1n) is 5.00. The van der Waals surface area contributed by atoms with Crippen molar-refractivity contribution in [2.45, 2.75) is 37.2 Å². The summed E-state index contributed by atoms with van der Waals surface area (Å²) >= 11 is 2.10. The Morgan fingerprint density at radius 3 is 2.85 bits per heavy atom. The average molecular weight is 192 g/mol. The van der Waals surface area contributed by atoms with Crippen molar-refractivity contribution in [2.24, 2.45) is 0 Å². The van der Waals surface area contributed by atoms with Gasteiger partial charge in [-0.25, -0.2) is 0 Å². The molecule has 1 aromatic carbocycles. The summed E-state index contributed by atoms with van der Waals surface area (Å²) in [7, 11) is 0. The average Bonchev–Trinajstić information content (AvgIpc) is 2.27. The van der Waals surface area contributed by atoms with Gasteiger partial charge in [0, 0.05) is 10.5 Å². The third-order valence-electron chi connectivity index (χ3n) is 2.75.